The van der Waals surface area contributed by atoms with Gasteiger partial charge < -0.3 is 15.4 Å². The highest BCUT2D eigenvalue weighted by atomic mass is 79.9. The van der Waals surface area contributed by atoms with Crippen molar-refractivity contribution in [2.45, 2.75) is 32.2 Å². The summed E-state index contributed by atoms with van der Waals surface area (Å²) in [5, 5.41) is 5.56. The van der Waals surface area contributed by atoms with Crippen LogP contribution in [0, 0.1) is 23.4 Å². The number of halogens is 4. The summed E-state index contributed by atoms with van der Waals surface area (Å²) >= 11 is 2.96. The summed E-state index contributed by atoms with van der Waals surface area (Å²) in [4.78, 5) is 44.0. The van der Waals surface area contributed by atoms with Gasteiger partial charge in [0.2, 0.25) is 5.91 Å². The fourth-order valence-electron chi connectivity index (χ4n) is 4.21. The highest BCUT2D eigenvalue weighted by molar-refractivity contribution is 9.10. The number of amides is 2. The Morgan fingerprint density at radius 2 is 1.55 bits per heavy atom. The molecule has 3 heterocycles. The number of nitrogens with zero attached hydrogens (tertiary/aromatic N) is 5. The van der Waals surface area contributed by atoms with Gasteiger partial charge in [-0.15, -0.1) is 0 Å². The maximum Gasteiger partial charge on any atom is 0.270 e. The van der Waals surface area contributed by atoms with Crippen LogP contribution in [0.4, 0.5) is 19.0 Å². The van der Waals surface area contributed by atoms with Crippen LogP contribution in [0.1, 0.15) is 36.7 Å². The van der Waals surface area contributed by atoms with E-state index in [9.17, 15) is 22.8 Å². The summed E-state index contributed by atoms with van der Waals surface area (Å²) in [6, 6.07) is 8.70. The molecule has 1 aliphatic rings. The van der Waals surface area contributed by atoms with Crippen molar-refractivity contribution in [3.05, 3.63) is 89.1 Å². The van der Waals surface area contributed by atoms with E-state index in [1.54, 1.807) is 18.2 Å². The van der Waals surface area contributed by atoms with Gasteiger partial charge in [0, 0.05) is 18.9 Å². The van der Waals surface area contributed by atoms with E-state index in [2.05, 4.69) is 51.5 Å². The Morgan fingerprint density at radius 3 is 2.17 bits per heavy atom. The number of nitrogens with one attached hydrogen (secondary N) is 2. The summed E-state index contributed by atoms with van der Waals surface area (Å²) in [6.07, 6.45) is 6.73. The molecule has 0 bridgehead atoms. The number of anilines is 1. The maximum atomic E-state index is 13.3. The molecule has 4 aromatic rings. The van der Waals surface area contributed by atoms with Crippen molar-refractivity contribution in [1.29, 1.82) is 0 Å². The number of rotatable bonds is 7. The minimum Gasteiger partial charge on any atom is -0.493 e. The summed E-state index contributed by atoms with van der Waals surface area (Å²) in [5.41, 5.74) is 0.326. The number of benzene rings is 1. The topological polar surface area (TPSA) is 132 Å². The molecule has 218 valence electrons. The van der Waals surface area contributed by atoms with Crippen molar-refractivity contribution < 1.29 is 27.5 Å². The lowest BCUT2D eigenvalue weighted by Crippen LogP contribution is -2.40. The number of carbonyl (C=O) groups excluding carboxylic acids is 2. The molecule has 42 heavy (non-hydrogen) atoms. The molecule has 10 nitrogen and oxygen atoms in total. The van der Waals surface area contributed by atoms with Crippen molar-refractivity contribution in [2.24, 2.45) is 5.92 Å². The van der Waals surface area contributed by atoms with Gasteiger partial charge in [0.25, 0.3) is 5.91 Å². The van der Waals surface area contributed by atoms with Gasteiger partial charge in [-0.25, -0.2) is 38.1 Å². The molecule has 1 aliphatic carbocycles. The molecule has 0 saturated heterocycles. The Hall–Kier alpha value is -4.46. The van der Waals surface area contributed by atoms with Gasteiger partial charge in [-0.2, -0.15) is 0 Å². The van der Waals surface area contributed by atoms with Crippen molar-refractivity contribution in [2.75, 3.05) is 11.9 Å². The molecule has 5 rings (SSSR count). The number of hydrogen-bond acceptors (Lipinski definition) is 8. The lowest BCUT2D eigenvalue weighted by atomic mass is 10.0. The summed E-state index contributed by atoms with van der Waals surface area (Å²) < 4.78 is 44.5. The zero-order chi connectivity index (χ0) is 30.1. The van der Waals surface area contributed by atoms with E-state index >= 15 is 0 Å². The summed E-state index contributed by atoms with van der Waals surface area (Å²) in [5.74, 6) is -1.22. The van der Waals surface area contributed by atoms with Crippen LogP contribution in [0.15, 0.2) is 65.9 Å². The first-order valence-electron chi connectivity index (χ1n) is 12.8. The number of ether oxygens (including phenoxy) is 1. The molecule has 1 saturated carbocycles. The molecule has 14 heteroatoms. The smallest absolute Gasteiger partial charge is 0.270 e. The third kappa shape index (κ3) is 8.77. The Bertz CT molecular complexity index is 1490. The third-order valence-electron chi connectivity index (χ3n) is 6.12. The molecule has 2 amide bonds. The molecular formula is C28H25BrF3N7O3. The van der Waals surface area contributed by atoms with Gasteiger partial charge in [0.15, 0.2) is 22.2 Å². The minimum absolute atomic E-state index is 0.0166. The van der Waals surface area contributed by atoms with Crippen LogP contribution in [0.5, 0.6) is 5.75 Å². The van der Waals surface area contributed by atoms with Crippen molar-refractivity contribution in [3.8, 4) is 17.1 Å². The van der Waals surface area contributed by atoms with E-state index in [1.165, 1.54) is 25.1 Å². The van der Waals surface area contributed by atoms with E-state index < -0.39 is 17.5 Å². The largest absolute Gasteiger partial charge is 0.493 e. The molecule has 1 fully saturated rings. The Kier molecular flexibility index (Phi) is 10.5. The summed E-state index contributed by atoms with van der Waals surface area (Å²) in [7, 11) is 0. The van der Waals surface area contributed by atoms with Crippen LogP contribution in [-0.2, 0) is 4.79 Å². The fraction of sp³-hybridized carbons (Fsp3) is 0.250. The SMILES string of the molecule is CC(=O)Nc1ccc(-c2ncc(F)cn2)c(C(=O)N[C@H]2CCC[C@@H]2COc2ccc(F)cc2)n1.Fc1cnc(Br)nc1. The number of aromatic nitrogens is 5. The normalized spacial score (nSPS) is 15.7. The Morgan fingerprint density at radius 1 is 0.905 bits per heavy atom. The molecule has 2 N–H and O–H groups in total. The average Bonchev–Trinajstić information content (AvgIpc) is 3.41. The minimum atomic E-state index is -0.604. The highest BCUT2D eigenvalue weighted by Crippen LogP contribution is 2.28. The summed E-state index contributed by atoms with van der Waals surface area (Å²) in [6.45, 7) is 1.70. The van der Waals surface area contributed by atoms with E-state index in [0.29, 0.717) is 22.7 Å². The quantitative estimate of drug-likeness (QED) is 0.265. The van der Waals surface area contributed by atoms with Gasteiger partial charge in [0.1, 0.15) is 23.1 Å². The van der Waals surface area contributed by atoms with Crippen LogP contribution >= 0.6 is 15.9 Å². The van der Waals surface area contributed by atoms with Gasteiger partial charge in [0.05, 0.1) is 37.0 Å². The van der Waals surface area contributed by atoms with E-state index in [-0.39, 0.29) is 41.0 Å². The zero-order valence-electron chi connectivity index (χ0n) is 22.2. The lowest BCUT2D eigenvalue weighted by Gasteiger charge is -2.22. The second-order valence-corrected chi connectivity index (χ2v) is 9.91. The average molecular weight is 644 g/mol. The third-order valence-corrected chi connectivity index (χ3v) is 6.53. The first-order chi connectivity index (χ1) is 20.2. The van der Waals surface area contributed by atoms with Crippen molar-refractivity contribution in [3.63, 3.8) is 0 Å². The van der Waals surface area contributed by atoms with Crippen LogP contribution in [0.25, 0.3) is 11.4 Å². The number of hydrogen-bond donors (Lipinski definition) is 2. The predicted molar refractivity (Wildman–Crippen MR) is 150 cm³/mol. The molecule has 0 unspecified atom stereocenters. The van der Waals surface area contributed by atoms with E-state index in [0.717, 1.165) is 44.0 Å². The molecule has 2 atom stereocenters. The molecule has 0 aliphatic heterocycles. The van der Waals surface area contributed by atoms with E-state index in [4.69, 9.17) is 4.74 Å². The number of carbonyl (C=O) groups is 2. The van der Waals surface area contributed by atoms with Gasteiger partial charge in [-0.1, -0.05) is 6.42 Å². The van der Waals surface area contributed by atoms with Gasteiger partial charge in [-0.3, -0.25) is 9.59 Å². The molecular weight excluding hydrogens is 619 g/mol. The molecule has 3 aromatic heterocycles. The zero-order valence-corrected chi connectivity index (χ0v) is 23.8. The van der Waals surface area contributed by atoms with Crippen LogP contribution in [0.2, 0.25) is 0 Å². The van der Waals surface area contributed by atoms with Crippen molar-refractivity contribution >= 4 is 33.6 Å². The standard InChI is InChI=1S/C24H23F2N5O3.C4H2BrFN2/c1-14(32)29-21-10-9-19(23-27-11-17(26)12-28-23)22(31-21)24(33)30-20-4-2-3-15(20)13-34-18-7-5-16(25)6-8-18;5-4-7-1-3(6)2-8-4/h5-12,15,20H,2-4,13H2,1H3,(H,30,33)(H,29,31,32);1-2H/t15-,20+;/m1./s1. The van der Waals surface area contributed by atoms with Crippen LogP contribution < -0.4 is 15.4 Å². The first-order valence-corrected chi connectivity index (χ1v) is 13.6. The number of pyridine rings is 1. The van der Waals surface area contributed by atoms with E-state index in [1.807, 2.05) is 0 Å². The van der Waals surface area contributed by atoms with Gasteiger partial charge in [-0.05, 0) is 65.2 Å². The highest BCUT2D eigenvalue weighted by Gasteiger charge is 2.31. The van der Waals surface area contributed by atoms with Crippen molar-refractivity contribution in [1.82, 2.24) is 30.2 Å². The predicted octanol–water partition coefficient (Wildman–Crippen LogP) is 5.13. The van der Waals surface area contributed by atoms with Crippen LogP contribution in [-0.4, -0.2) is 49.4 Å². The first kappa shape index (κ1) is 30.5. The molecule has 0 radical (unpaired) electrons. The van der Waals surface area contributed by atoms with Crippen LogP contribution in [0.3, 0.4) is 0 Å². The lowest BCUT2D eigenvalue weighted by molar-refractivity contribution is -0.114. The Balaban J connectivity index is 0.000000437. The molecule has 1 aromatic carbocycles. The maximum absolute atomic E-state index is 13.3. The second kappa shape index (κ2) is 14.4. The fourth-order valence-corrected chi connectivity index (χ4v) is 4.41. The van der Waals surface area contributed by atoms with Gasteiger partial charge >= 0.3 is 0 Å². The molecule has 0 spiro atoms. The Labute approximate surface area is 247 Å². The second-order valence-electron chi connectivity index (χ2n) is 9.20. The monoisotopic (exact) mass is 643 g/mol.